The van der Waals surface area contributed by atoms with Crippen LogP contribution < -0.4 is 10.9 Å². The van der Waals surface area contributed by atoms with Gasteiger partial charge in [0.15, 0.2) is 0 Å². The van der Waals surface area contributed by atoms with Gasteiger partial charge < -0.3 is 5.32 Å². The van der Waals surface area contributed by atoms with Crippen molar-refractivity contribution in [3.05, 3.63) is 46.0 Å². The number of aromatic nitrogens is 2. The Morgan fingerprint density at radius 1 is 1.22 bits per heavy atom. The molecule has 0 atom stereocenters. The molecule has 0 spiro atoms. The molecular weight excluding hydrogens is 290 g/mol. The molecule has 0 fully saturated rings. The highest BCUT2D eigenvalue weighted by atomic mass is 16.2. The fraction of sp³-hybridized carbons (Fsp3) is 0.500. The van der Waals surface area contributed by atoms with E-state index in [2.05, 4.69) is 31.1 Å². The standard InChI is InChI=1S/C18H25N3O2/c1-12-8-7-9-14-19-10-13(16(23)21(12)14)15(22)20-18(5,6)11-17(2,3)4/h7-10H,11H2,1-6H3,(H,20,22). The smallest absolute Gasteiger partial charge is 0.270 e. The van der Waals surface area contributed by atoms with E-state index in [0.29, 0.717) is 5.65 Å². The fourth-order valence-corrected chi connectivity index (χ4v) is 3.17. The van der Waals surface area contributed by atoms with Gasteiger partial charge in [-0.15, -0.1) is 0 Å². The predicted molar refractivity (Wildman–Crippen MR) is 91.8 cm³/mol. The number of fused-ring (bicyclic) bond motifs is 1. The second-order valence-corrected chi connectivity index (χ2v) is 7.91. The Kier molecular flexibility index (Phi) is 4.33. The molecule has 5 heteroatoms. The van der Waals surface area contributed by atoms with Crippen molar-refractivity contribution in [2.24, 2.45) is 5.41 Å². The summed E-state index contributed by atoms with van der Waals surface area (Å²) in [6.45, 7) is 12.1. The molecule has 5 nitrogen and oxygen atoms in total. The number of nitrogens with zero attached hydrogens (tertiary/aromatic N) is 2. The summed E-state index contributed by atoms with van der Waals surface area (Å²) >= 11 is 0. The van der Waals surface area contributed by atoms with Gasteiger partial charge in [-0.1, -0.05) is 26.8 Å². The molecular formula is C18H25N3O2. The first kappa shape index (κ1) is 17.2. The summed E-state index contributed by atoms with van der Waals surface area (Å²) in [5, 5.41) is 2.96. The number of aryl methyl sites for hydroxylation is 1. The van der Waals surface area contributed by atoms with Crippen LogP contribution >= 0.6 is 0 Å². The normalized spacial score (nSPS) is 12.4. The maximum absolute atomic E-state index is 12.6. The third-order valence-corrected chi connectivity index (χ3v) is 3.59. The molecule has 0 aliphatic heterocycles. The molecule has 2 rings (SSSR count). The first-order valence-corrected chi connectivity index (χ1v) is 7.80. The highest BCUT2D eigenvalue weighted by Gasteiger charge is 2.28. The minimum atomic E-state index is -0.410. The van der Waals surface area contributed by atoms with Gasteiger partial charge in [0.25, 0.3) is 11.5 Å². The zero-order chi connectivity index (χ0) is 17.4. The van der Waals surface area contributed by atoms with Crippen LogP contribution in [-0.4, -0.2) is 20.8 Å². The SMILES string of the molecule is Cc1cccc2ncc(C(=O)NC(C)(C)CC(C)(C)C)c(=O)n12. The van der Waals surface area contributed by atoms with Crippen molar-refractivity contribution in [2.45, 2.75) is 53.5 Å². The summed E-state index contributed by atoms with van der Waals surface area (Å²) in [6, 6.07) is 5.41. The lowest BCUT2D eigenvalue weighted by Crippen LogP contribution is -2.47. The molecule has 2 heterocycles. The van der Waals surface area contributed by atoms with Crippen molar-refractivity contribution in [1.82, 2.24) is 14.7 Å². The Balaban J connectivity index is 2.37. The van der Waals surface area contributed by atoms with E-state index in [9.17, 15) is 9.59 Å². The third kappa shape index (κ3) is 3.97. The topological polar surface area (TPSA) is 63.5 Å². The van der Waals surface area contributed by atoms with Gasteiger partial charge in [0.1, 0.15) is 11.2 Å². The lowest BCUT2D eigenvalue weighted by atomic mass is 9.81. The van der Waals surface area contributed by atoms with Crippen LogP contribution in [0.1, 0.15) is 57.1 Å². The number of pyridine rings is 1. The van der Waals surface area contributed by atoms with Crippen LogP contribution in [0.2, 0.25) is 0 Å². The van der Waals surface area contributed by atoms with E-state index >= 15 is 0 Å². The monoisotopic (exact) mass is 315 g/mol. The third-order valence-electron chi connectivity index (χ3n) is 3.59. The molecule has 0 aliphatic carbocycles. The fourth-order valence-electron chi connectivity index (χ4n) is 3.17. The molecule has 2 aromatic heterocycles. The summed E-state index contributed by atoms with van der Waals surface area (Å²) in [5.74, 6) is -0.380. The zero-order valence-corrected chi connectivity index (χ0v) is 14.7. The quantitative estimate of drug-likeness (QED) is 0.947. The van der Waals surface area contributed by atoms with E-state index in [1.807, 2.05) is 32.9 Å². The van der Waals surface area contributed by atoms with E-state index in [1.165, 1.54) is 10.6 Å². The summed E-state index contributed by atoms with van der Waals surface area (Å²) in [6.07, 6.45) is 2.16. The molecule has 1 amide bonds. The van der Waals surface area contributed by atoms with Gasteiger partial charge in [-0.3, -0.25) is 14.0 Å². The second kappa shape index (κ2) is 5.80. The number of amides is 1. The van der Waals surface area contributed by atoms with E-state index in [0.717, 1.165) is 12.1 Å². The first-order valence-electron chi connectivity index (χ1n) is 7.80. The number of hydrogen-bond donors (Lipinski definition) is 1. The number of rotatable bonds is 3. The Morgan fingerprint density at radius 2 is 1.87 bits per heavy atom. The Bertz CT molecular complexity index is 798. The average Bonchev–Trinajstić information content (AvgIpc) is 2.35. The lowest BCUT2D eigenvalue weighted by molar-refractivity contribution is 0.0889. The van der Waals surface area contributed by atoms with Crippen molar-refractivity contribution in [1.29, 1.82) is 0 Å². The molecule has 1 N–H and O–H groups in total. The van der Waals surface area contributed by atoms with Crippen molar-refractivity contribution in [3.63, 3.8) is 0 Å². The van der Waals surface area contributed by atoms with Gasteiger partial charge in [-0.05, 0) is 44.7 Å². The summed E-state index contributed by atoms with van der Waals surface area (Å²) < 4.78 is 1.46. The van der Waals surface area contributed by atoms with Gasteiger partial charge >= 0.3 is 0 Å². The zero-order valence-electron chi connectivity index (χ0n) is 14.7. The largest absolute Gasteiger partial charge is 0.347 e. The van der Waals surface area contributed by atoms with E-state index in [-0.39, 0.29) is 22.4 Å². The molecule has 124 valence electrons. The number of carbonyl (C=O) groups is 1. The van der Waals surface area contributed by atoms with Gasteiger partial charge in [0.2, 0.25) is 0 Å². The van der Waals surface area contributed by atoms with Crippen molar-refractivity contribution >= 4 is 11.6 Å². The van der Waals surface area contributed by atoms with Crippen LogP contribution in [0.3, 0.4) is 0 Å². The minimum absolute atomic E-state index is 0.0683. The Hall–Kier alpha value is -2.17. The highest BCUT2D eigenvalue weighted by Crippen LogP contribution is 2.26. The van der Waals surface area contributed by atoms with Crippen LogP contribution in [0.4, 0.5) is 0 Å². The van der Waals surface area contributed by atoms with Crippen LogP contribution in [0.25, 0.3) is 5.65 Å². The number of nitrogens with one attached hydrogen (secondary N) is 1. The minimum Gasteiger partial charge on any atom is -0.347 e. The Labute approximate surface area is 136 Å². The molecule has 0 radical (unpaired) electrons. The van der Waals surface area contributed by atoms with E-state index < -0.39 is 5.54 Å². The van der Waals surface area contributed by atoms with Crippen LogP contribution in [0.15, 0.2) is 29.2 Å². The first-order chi connectivity index (χ1) is 10.5. The molecule has 0 saturated heterocycles. The average molecular weight is 315 g/mol. The molecule has 0 saturated carbocycles. The number of hydrogen-bond acceptors (Lipinski definition) is 3. The van der Waals surface area contributed by atoms with E-state index in [4.69, 9.17) is 0 Å². The number of carbonyl (C=O) groups excluding carboxylic acids is 1. The van der Waals surface area contributed by atoms with Crippen LogP contribution in [0.5, 0.6) is 0 Å². The molecule has 23 heavy (non-hydrogen) atoms. The van der Waals surface area contributed by atoms with E-state index in [1.54, 1.807) is 6.07 Å². The lowest BCUT2D eigenvalue weighted by Gasteiger charge is -2.33. The maximum atomic E-state index is 12.6. The van der Waals surface area contributed by atoms with Crippen molar-refractivity contribution < 1.29 is 4.79 Å². The molecule has 0 aromatic carbocycles. The molecule has 0 bridgehead atoms. The maximum Gasteiger partial charge on any atom is 0.270 e. The second-order valence-electron chi connectivity index (χ2n) is 7.91. The molecule has 2 aromatic rings. The summed E-state index contributed by atoms with van der Waals surface area (Å²) in [7, 11) is 0. The molecule has 0 unspecified atom stereocenters. The van der Waals surface area contributed by atoms with Crippen molar-refractivity contribution in [3.8, 4) is 0 Å². The van der Waals surface area contributed by atoms with Gasteiger partial charge in [-0.25, -0.2) is 4.98 Å². The van der Waals surface area contributed by atoms with Gasteiger partial charge in [0, 0.05) is 17.4 Å². The van der Waals surface area contributed by atoms with Crippen molar-refractivity contribution in [2.75, 3.05) is 0 Å². The van der Waals surface area contributed by atoms with Crippen LogP contribution in [0, 0.1) is 12.3 Å². The highest BCUT2D eigenvalue weighted by molar-refractivity contribution is 5.94. The summed E-state index contributed by atoms with van der Waals surface area (Å²) in [5.41, 5.74) is 0.692. The molecule has 0 aliphatic rings. The Morgan fingerprint density at radius 3 is 2.48 bits per heavy atom. The van der Waals surface area contributed by atoms with Gasteiger partial charge in [-0.2, -0.15) is 0 Å². The predicted octanol–water partition coefficient (Wildman–Crippen LogP) is 2.95. The van der Waals surface area contributed by atoms with Crippen LogP contribution in [-0.2, 0) is 0 Å². The summed E-state index contributed by atoms with van der Waals surface area (Å²) in [4.78, 5) is 29.4. The van der Waals surface area contributed by atoms with Gasteiger partial charge in [0.05, 0.1) is 0 Å².